The average Bonchev–Trinajstić information content (AvgIpc) is 2.60. The largest absolute Gasteiger partial charge is 0.416 e. The summed E-state index contributed by atoms with van der Waals surface area (Å²) in [5, 5.41) is 10.7. The zero-order valence-electron chi connectivity index (χ0n) is 12.4. The standard InChI is InChI=1S/C17H23F3O/c1-2-13-6-4-9-16(21,10-8-13)12-14-5-3-7-15(11-14)17(18,19)20/h3,5,7,11,13,21H,2,4,6,8-10,12H2,1H3. The third-order valence-corrected chi connectivity index (χ3v) is 4.64. The van der Waals surface area contributed by atoms with Gasteiger partial charge in [0.05, 0.1) is 11.2 Å². The molecule has 0 saturated heterocycles. The van der Waals surface area contributed by atoms with Gasteiger partial charge in [-0.05, 0) is 36.8 Å². The van der Waals surface area contributed by atoms with Crippen LogP contribution in [0.4, 0.5) is 13.2 Å². The zero-order chi connectivity index (χ0) is 15.5. The fourth-order valence-electron chi connectivity index (χ4n) is 3.28. The van der Waals surface area contributed by atoms with Gasteiger partial charge < -0.3 is 5.11 Å². The van der Waals surface area contributed by atoms with Crippen LogP contribution in [0.5, 0.6) is 0 Å². The predicted molar refractivity (Wildman–Crippen MR) is 77.0 cm³/mol. The molecule has 2 rings (SSSR count). The second-order valence-electron chi connectivity index (χ2n) is 6.30. The van der Waals surface area contributed by atoms with Crippen molar-refractivity contribution in [2.24, 2.45) is 5.92 Å². The quantitative estimate of drug-likeness (QED) is 0.781. The van der Waals surface area contributed by atoms with E-state index in [1.807, 2.05) is 0 Å². The van der Waals surface area contributed by atoms with Gasteiger partial charge in [0.2, 0.25) is 0 Å². The van der Waals surface area contributed by atoms with E-state index in [1.54, 1.807) is 6.07 Å². The van der Waals surface area contributed by atoms with Crippen molar-refractivity contribution in [1.82, 2.24) is 0 Å². The molecule has 1 fully saturated rings. The first kappa shape index (κ1) is 16.3. The van der Waals surface area contributed by atoms with E-state index in [4.69, 9.17) is 0 Å². The van der Waals surface area contributed by atoms with Crippen molar-refractivity contribution in [2.75, 3.05) is 0 Å². The number of hydrogen-bond acceptors (Lipinski definition) is 1. The van der Waals surface area contributed by atoms with Crippen molar-refractivity contribution < 1.29 is 18.3 Å². The second-order valence-corrected chi connectivity index (χ2v) is 6.30. The lowest BCUT2D eigenvalue weighted by Gasteiger charge is -2.27. The summed E-state index contributed by atoms with van der Waals surface area (Å²) in [6.45, 7) is 2.15. The van der Waals surface area contributed by atoms with Gasteiger partial charge in [-0.15, -0.1) is 0 Å². The molecular weight excluding hydrogens is 277 g/mol. The molecular formula is C17H23F3O. The van der Waals surface area contributed by atoms with Crippen molar-refractivity contribution in [3.8, 4) is 0 Å². The van der Waals surface area contributed by atoms with Crippen LogP contribution in [0.3, 0.4) is 0 Å². The summed E-state index contributed by atoms with van der Waals surface area (Å²) in [4.78, 5) is 0. The molecule has 1 saturated carbocycles. The number of benzene rings is 1. The highest BCUT2D eigenvalue weighted by Crippen LogP contribution is 2.35. The topological polar surface area (TPSA) is 20.2 Å². The fourth-order valence-corrected chi connectivity index (χ4v) is 3.28. The molecule has 21 heavy (non-hydrogen) atoms. The van der Waals surface area contributed by atoms with Gasteiger partial charge in [0.1, 0.15) is 0 Å². The Morgan fingerprint density at radius 1 is 1.24 bits per heavy atom. The van der Waals surface area contributed by atoms with Crippen molar-refractivity contribution in [3.63, 3.8) is 0 Å². The maximum absolute atomic E-state index is 12.7. The minimum Gasteiger partial charge on any atom is -0.390 e. The summed E-state index contributed by atoms with van der Waals surface area (Å²) in [5.41, 5.74) is -0.917. The van der Waals surface area contributed by atoms with Crippen LogP contribution in [0.2, 0.25) is 0 Å². The van der Waals surface area contributed by atoms with E-state index >= 15 is 0 Å². The summed E-state index contributed by atoms with van der Waals surface area (Å²) in [6.07, 6.45) is 1.49. The monoisotopic (exact) mass is 300 g/mol. The van der Waals surface area contributed by atoms with Gasteiger partial charge in [-0.3, -0.25) is 0 Å². The van der Waals surface area contributed by atoms with Crippen LogP contribution in [-0.4, -0.2) is 10.7 Å². The second kappa shape index (κ2) is 6.39. The van der Waals surface area contributed by atoms with Crippen molar-refractivity contribution in [3.05, 3.63) is 35.4 Å². The normalized spacial score (nSPS) is 27.4. The van der Waals surface area contributed by atoms with Crippen LogP contribution in [0.15, 0.2) is 24.3 Å². The Bertz CT molecular complexity index is 469. The van der Waals surface area contributed by atoms with Crippen molar-refractivity contribution in [1.29, 1.82) is 0 Å². The molecule has 0 radical (unpaired) electrons. The minimum absolute atomic E-state index is 0.313. The first-order valence-corrected chi connectivity index (χ1v) is 7.71. The van der Waals surface area contributed by atoms with E-state index in [-0.39, 0.29) is 0 Å². The molecule has 1 aromatic rings. The summed E-state index contributed by atoms with van der Waals surface area (Å²) < 4.78 is 38.2. The van der Waals surface area contributed by atoms with E-state index in [1.165, 1.54) is 12.1 Å². The lowest BCUT2D eigenvalue weighted by Crippen LogP contribution is -2.30. The van der Waals surface area contributed by atoms with E-state index < -0.39 is 17.3 Å². The maximum atomic E-state index is 12.7. The molecule has 0 amide bonds. The van der Waals surface area contributed by atoms with E-state index in [0.717, 1.165) is 31.7 Å². The van der Waals surface area contributed by atoms with Crippen LogP contribution in [-0.2, 0) is 12.6 Å². The summed E-state index contributed by atoms with van der Waals surface area (Å²) >= 11 is 0. The minimum atomic E-state index is -4.32. The molecule has 0 heterocycles. The lowest BCUT2D eigenvalue weighted by atomic mass is 9.86. The molecule has 0 aliphatic heterocycles. The van der Waals surface area contributed by atoms with E-state index in [9.17, 15) is 18.3 Å². The number of alkyl halides is 3. The van der Waals surface area contributed by atoms with Crippen LogP contribution in [0.25, 0.3) is 0 Å². The van der Waals surface area contributed by atoms with Gasteiger partial charge in [-0.2, -0.15) is 13.2 Å². The molecule has 1 aromatic carbocycles. The third kappa shape index (κ3) is 4.47. The Hall–Kier alpha value is -1.03. The van der Waals surface area contributed by atoms with Gasteiger partial charge in [0, 0.05) is 6.42 Å². The molecule has 118 valence electrons. The maximum Gasteiger partial charge on any atom is 0.416 e. The Morgan fingerprint density at radius 3 is 2.67 bits per heavy atom. The number of rotatable bonds is 3. The van der Waals surface area contributed by atoms with Gasteiger partial charge in [0.25, 0.3) is 0 Å². The number of aliphatic hydroxyl groups is 1. The number of halogens is 3. The fraction of sp³-hybridized carbons (Fsp3) is 0.647. The molecule has 2 unspecified atom stereocenters. The zero-order valence-corrected chi connectivity index (χ0v) is 12.4. The number of hydrogen-bond donors (Lipinski definition) is 1. The first-order chi connectivity index (χ1) is 9.82. The first-order valence-electron chi connectivity index (χ1n) is 7.71. The predicted octanol–water partition coefficient (Wildman–Crippen LogP) is 4.97. The SMILES string of the molecule is CCC1CCCC(O)(Cc2cccc(C(F)(F)F)c2)CC1. The van der Waals surface area contributed by atoms with Gasteiger partial charge in [-0.25, -0.2) is 0 Å². The summed E-state index contributed by atoms with van der Waals surface area (Å²) in [6, 6.07) is 5.34. The molecule has 0 spiro atoms. The molecule has 0 bridgehead atoms. The van der Waals surface area contributed by atoms with Crippen LogP contribution in [0, 0.1) is 5.92 Å². The molecule has 1 nitrogen and oxygen atoms in total. The highest BCUT2D eigenvalue weighted by atomic mass is 19.4. The summed E-state index contributed by atoms with van der Waals surface area (Å²) in [7, 11) is 0. The Morgan fingerprint density at radius 2 is 2.00 bits per heavy atom. The molecule has 2 atom stereocenters. The van der Waals surface area contributed by atoms with Crippen LogP contribution in [0.1, 0.15) is 56.6 Å². The smallest absolute Gasteiger partial charge is 0.390 e. The molecule has 0 aromatic heterocycles. The Kier molecular flexibility index (Phi) is 4.97. The molecule has 4 heteroatoms. The van der Waals surface area contributed by atoms with Crippen LogP contribution >= 0.6 is 0 Å². The average molecular weight is 300 g/mol. The lowest BCUT2D eigenvalue weighted by molar-refractivity contribution is -0.137. The van der Waals surface area contributed by atoms with Gasteiger partial charge in [-0.1, -0.05) is 44.4 Å². The van der Waals surface area contributed by atoms with Crippen LogP contribution < -0.4 is 0 Å². The van der Waals surface area contributed by atoms with E-state index in [2.05, 4.69) is 6.92 Å². The summed E-state index contributed by atoms with van der Waals surface area (Å²) in [5.74, 6) is 0.639. The molecule has 1 aliphatic carbocycles. The van der Waals surface area contributed by atoms with Gasteiger partial charge in [0.15, 0.2) is 0 Å². The van der Waals surface area contributed by atoms with Gasteiger partial charge >= 0.3 is 6.18 Å². The van der Waals surface area contributed by atoms with E-state index in [0.29, 0.717) is 30.7 Å². The highest BCUT2D eigenvalue weighted by molar-refractivity contribution is 5.26. The highest BCUT2D eigenvalue weighted by Gasteiger charge is 2.33. The van der Waals surface area contributed by atoms with Crippen molar-refractivity contribution in [2.45, 2.75) is 63.6 Å². The molecule has 1 N–H and O–H groups in total. The van der Waals surface area contributed by atoms with Crippen molar-refractivity contribution >= 4 is 0 Å². The Labute approximate surface area is 124 Å². The Balaban J connectivity index is 2.10. The molecule has 1 aliphatic rings. The third-order valence-electron chi connectivity index (χ3n) is 4.64.